The van der Waals surface area contributed by atoms with Crippen LogP contribution in [0, 0.1) is 10.1 Å². The van der Waals surface area contributed by atoms with Gasteiger partial charge in [0.1, 0.15) is 5.75 Å². The van der Waals surface area contributed by atoms with Gasteiger partial charge in [-0.15, -0.1) is 6.58 Å². The van der Waals surface area contributed by atoms with E-state index in [1.807, 2.05) is 13.8 Å². The van der Waals surface area contributed by atoms with Crippen LogP contribution in [0.3, 0.4) is 0 Å². The topological polar surface area (TPSA) is 64.4 Å². The molecule has 0 fully saturated rings. The second-order valence-electron chi connectivity index (χ2n) is 4.39. The van der Waals surface area contributed by atoms with E-state index in [0.29, 0.717) is 18.9 Å². The van der Waals surface area contributed by atoms with Gasteiger partial charge >= 0.3 is 0 Å². The highest BCUT2D eigenvalue weighted by atomic mass is 16.6. The minimum atomic E-state index is -0.396. The van der Waals surface area contributed by atoms with Crippen LogP contribution in [0.25, 0.3) is 0 Å². The minimum Gasteiger partial charge on any atom is -0.493 e. The van der Waals surface area contributed by atoms with Crippen LogP contribution in [-0.4, -0.2) is 18.1 Å². The largest absolute Gasteiger partial charge is 0.493 e. The van der Waals surface area contributed by atoms with E-state index in [1.54, 1.807) is 12.1 Å². The Morgan fingerprint density at radius 3 is 2.84 bits per heavy atom. The summed E-state index contributed by atoms with van der Waals surface area (Å²) < 4.78 is 5.66. The lowest BCUT2D eigenvalue weighted by molar-refractivity contribution is -0.384. The number of benzene rings is 1. The summed E-state index contributed by atoms with van der Waals surface area (Å²) in [6.07, 6.45) is 0.775. The van der Waals surface area contributed by atoms with Gasteiger partial charge in [-0.1, -0.05) is 12.5 Å². The monoisotopic (exact) mass is 264 g/mol. The number of nitrogens with zero attached hydrogens (tertiary/aromatic N) is 1. The lowest BCUT2D eigenvalue weighted by atomic mass is 10.1. The molecule has 5 heteroatoms. The van der Waals surface area contributed by atoms with Crippen LogP contribution in [0.5, 0.6) is 5.75 Å². The fourth-order valence-electron chi connectivity index (χ4n) is 1.55. The van der Waals surface area contributed by atoms with Gasteiger partial charge in [0.25, 0.3) is 5.69 Å². The Balaban J connectivity index is 2.82. The molecule has 1 rings (SSSR count). The number of nitro groups is 1. The van der Waals surface area contributed by atoms with Crippen molar-refractivity contribution in [1.82, 2.24) is 5.32 Å². The highest BCUT2D eigenvalue weighted by Crippen LogP contribution is 2.24. The molecule has 0 saturated carbocycles. The summed E-state index contributed by atoms with van der Waals surface area (Å²) in [5.41, 5.74) is 1.94. The average Bonchev–Trinajstić information content (AvgIpc) is 2.36. The highest BCUT2D eigenvalue weighted by molar-refractivity contribution is 5.43. The predicted octanol–water partition coefficient (Wildman–Crippen LogP) is 3.05. The number of nitrogens with one attached hydrogen (secondary N) is 1. The number of ether oxygens (including phenoxy) is 1. The summed E-state index contributed by atoms with van der Waals surface area (Å²) in [4.78, 5) is 10.4. The predicted molar refractivity (Wildman–Crippen MR) is 75.4 cm³/mol. The van der Waals surface area contributed by atoms with Crippen LogP contribution in [0.4, 0.5) is 5.69 Å². The second-order valence-corrected chi connectivity index (χ2v) is 4.39. The first-order valence-corrected chi connectivity index (χ1v) is 6.29. The summed E-state index contributed by atoms with van der Waals surface area (Å²) in [6, 6.07) is 4.67. The van der Waals surface area contributed by atoms with Gasteiger partial charge in [0, 0.05) is 30.7 Å². The molecule has 0 amide bonds. The molecule has 0 bridgehead atoms. The summed E-state index contributed by atoms with van der Waals surface area (Å²) in [7, 11) is 0. The molecule has 0 unspecified atom stereocenters. The van der Waals surface area contributed by atoms with E-state index in [9.17, 15) is 10.1 Å². The molecule has 1 aromatic rings. The Hall–Kier alpha value is -1.88. The van der Waals surface area contributed by atoms with E-state index in [2.05, 4.69) is 11.9 Å². The fraction of sp³-hybridized carbons (Fsp3) is 0.429. The third kappa shape index (κ3) is 5.09. The molecule has 0 radical (unpaired) electrons. The standard InChI is InChI=1S/C14H20N2O3/c1-4-15-10-12-9-13(16(17)18)5-6-14(12)19-8-7-11(2)3/h5-6,9,15H,2,4,7-8,10H2,1,3H3. The van der Waals surface area contributed by atoms with Gasteiger partial charge in [0.15, 0.2) is 0 Å². The van der Waals surface area contributed by atoms with Crippen LogP contribution in [0.2, 0.25) is 0 Å². The zero-order chi connectivity index (χ0) is 14.3. The molecule has 0 atom stereocenters. The van der Waals surface area contributed by atoms with Crippen molar-refractivity contribution < 1.29 is 9.66 Å². The highest BCUT2D eigenvalue weighted by Gasteiger charge is 2.11. The summed E-state index contributed by atoms with van der Waals surface area (Å²) in [5.74, 6) is 0.688. The maximum absolute atomic E-state index is 10.8. The Labute approximate surface area is 113 Å². The Kier molecular flexibility index (Phi) is 6.02. The third-order valence-corrected chi connectivity index (χ3v) is 2.61. The van der Waals surface area contributed by atoms with Gasteiger partial charge < -0.3 is 10.1 Å². The quantitative estimate of drug-likeness (QED) is 0.445. The molecule has 0 spiro atoms. The van der Waals surface area contributed by atoms with Crippen LogP contribution in [0.15, 0.2) is 30.4 Å². The van der Waals surface area contributed by atoms with Gasteiger partial charge in [-0.05, 0) is 19.5 Å². The second kappa shape index (κ2) is 7.53. The molecule has 0 aromatic heterocycles. The van der Waals surface area contributed by atoms with Gasteiger partial charge in [-0.3, -0.25) is 10.1 Å². The van der Waals surface area contributed by atoms with Crippen LogP contribution < -0.4 is 10.1 Å². The SMILES string of the molecule is C=C(C)CCOc1ccc([N+](=O)[O-])cc1CNCC. The number of non-ortho nitro benzene ring substituents is 1. The molecule has 0 heterocycles. The summed E-state index contributed by atoms with van der Waals surface area (Å²) in [5, 5.41) is 13.9. The van der Waals surface area contributed by atoms with Crippen LogP contribution >= 0.6 is 0 Å². The number of nitro benzene ring substituents is 1. The Morgan fingerprint density at radius 2 is 2.26 bits per heavy atom. The van der Waals surface area contributed by atoms with Crippen molar-refractivity contribution in [2.75, 3.05) is 13.2 Å². The van der Waals surface area contributed by atoms with Gasteiger partial charge in [0.2, 0.25) is 0 Å². The molecule has 19 heavy (non-hydrogen) atoms. The van der Waals surface area contributed by atoms with E-state index < -0.39 is 4.92 Å². The van der Waals surface area contributed by atoms with Gasteiger partial charge in [0.05, 0.1) is 11.5 Å². The maximum atomic E-state index is 10.8. The maximum Gasteiger partial charge on any atom is 0.270 e. The van der Waals surface area contributed by atoms with Crippen molar-refractivity contribution >= 4 is 5.69 Å². The number of hydrogen-bond acceptors (Lipinski definition) is 4. The van der Waals surface area contributed by atoms with Gasteiger partial charge in [-0.2, -0.15) is 0 Å². The average molecular weight is 264 g/mol. The van der Waals surface area contributed by atoms with Crippen LogP contribution in [-0.2, 0) is 6.54 Å². The smallest absolute Gasteiger partial charge is 0.270 e. The first-order chi connectivity index (χ1) is 9.04. The van der Waals surface area contributed by atoms with Gasteiger partial charge in [-0.25, -0.2) is 0 Å². The zero-order valence-electron chi connectivity index (χ0n) is 11.4. The van der Waals surface area contributed by atoms with Crippen molar-refractivity contribution in [3.8, 4) is 5.75 Å². The van der Waals surface area contributed by atoms with Crippen molar-refractivity contribution in [1.29, 1.82) is 0 Å². The lowest BCUT2D eigenvalue weighted by Crippen LogP contribution is -2.13. The lowest BCUT2D eigenvalue weighted by Gasteiger charge is -2.11. The summed E-state index contributed by atoms with van der Waals surface area (Å²) >= 11 is 0. The zero-order valence-corrected chi connectivity index (χ0v) is 11.4. The van der Waals surface area contributed by atoms with Crippen molar-refractivity contribution in [2.45, 2.75) is 26.8 Å². The molecule has 5 nitrogen and oxygen atoms in total. The molecule has 0 saturated heterocycles. The molecule has 0 aliphatic carbocycles. The molecule has 0 aliphatic heterocycles. The third-order valence-electron chi connectivity index (χ3n) is 2.61. The van der Waals surface area contributed by atoms with E-state index in [-0.39, 0.29) is 5.69 Å². The molecule has 0 aliphatic rings. The molecular formula is C14H20N2O3. The molecular weight excluding hydrogens is 244 g/mol. The Bertz CT molecular complexity index is 458. The fourth-order valence-corrected chi connectivity index (χ4v) is 1.55. The van der Waals surface area contributed by atoms with Crippen molar-refractivity contribution in [3.05, 3.63) is 46.0 Å². The van der Waals surface area contributed by atoms with E-state index >= 15 is 0 Å². The normalized spacial score (nSPS) is 10.2. The van der Waals surface area contributed by atoms with Crippen molar-refractivity contribution in [2.24, 2.45) is 0 Å². The van der Waals surface area contributed by atoms with E-state index in [4.69, 9.17) is 4.74 Å². The molecule has 104 valence electrons. The summed E-state index contributed by atoms with van der Waals surface area (Å²) in [6.45, 7) is 9.63. The van der Waals surface area contributed by atoms with E-state index in [1.165, 1.54) is 6.07 Å². The number of hydrogen-bond donors (Lipinski definition) is 1. The first kappa shape index (κ1) is 15.2. The van der Waals surface area contributed by atoms with E-state index in [0.717, 1.165) is 24.1 Å². The van der Waals surface area contributed by atoms with Crippen molar-refractivity contribution in [3.63, 3.8) is 0 Å². The first-order valence-electron chi connectivity index (χ1n) is 6.29. The Morgan fingerprint density at radius 1 is 1.53 bits per heavy atom. The molecule has 1 aromatic carbocycles. The molecule has 1 N–H and O–H groups in total. The minimum absolute atomic E-state index is 0.0835. The van der Waals surface area contributed by atoms with Crippen LogP contribution in [0.1, 0.15) is 25.8 Å². The number of rotatable bonds is 8.